The van der Waals surface area contributed by atoms with E-state index in [9.17, 15) is 24.3 Å². The average molecular weight is 967 g/mol. The Morgan fingerprint density at radius 2 is 1.30 bits per heavy atom. The summed E-state index contributed by atoms with van der Waals surface area (Å²) in [7, 11) is 0. The Morgan fingerprint density at radius 3 is 1.93 bits per heavy atom. The van der Waals surface area contributed by atoms with Gasteiger partial charge < -0.3 is 35.3 Å². The highest BCUT2D eigenvalue weighted by atomic mass is 16.7. The number of piperidine rings is 3. The second-order valence-corrected chi connectivity index (χ2v) is 19.9. The maximum atomic E-state index is 13.9. The fourth-order valence-corrected chi connectivity index (χ4v) is 10.8. The van der Waals surface area contributed by atoms with Crippen molar-refractivity contribution >= 4 is 80.0 Å². The second kappa shape index (κ2) is 19.4. The van der Waals surface area contributed by atoms with Gasteiger partial charge in [0.15, 0.2) is 5.52 Å². The first kappa shape index (κ1) is 46.0. The molecule has 0 bridgehead atoms. The molecule has 5 N–H and O–H groups in total. The smallest absolute Gasteiger partial charge is 0.397 e. The van der Waals surface area contributed by atoms with Crippen LogP contribution in [0.25, 0.3) is 21.8 Å². The minimum atomic E-state index is -0.679. The molecule has 21 heteroatoms. The summed E-state index contributed by atoms with van der Waals surface area (Å²) in [6.07, 6.45) is 11.7. The van der Waals surface area contributed by atoms with E-state index >= 15 is 0 Å². The van der Waals surface area contributed by atoms with Gasteiger partial charge in [-0.3, -0.25) is 19.3 Å². The Labute approximate surface area is 409 Å². The van der Waals surface area contributed by atoms with Crippen molar-refractivity contribution in [2.45, 2.75) is 64.7 Å². The second-order valence-electron chi connectivity index (χ2n) is 19.9. The van der Waals surface area contributed by atoms with Crippen LogP contribution in [0.5, 0.6) is 0 Å². The van der Waals surface area contributed by atoms with E-state index in [2.05, 4.69) is 62.3 Å². The molecule has 4 aromatic heterocycles. The topological polar surface area (TPSA) is 238 Å². The minimum absolute atomic E-state index is 0.0235. The number of anilines is 8. The normalized spacial score (nSPS) is 19.8. The molecule has 1 spiro atoms. The van der Waals surface area contributed by atoms with Gasteiger partial charge in [-0.15, -0.1) is 0 Å². The molecule has 4 aliphatic heterocycles. The summed E-state index contributed by atoms with van der Waals surface area (Å²) in [6.45, 7) is 9.94. The highest BCUT2D eigenvalue weighted by molar-refractivity contribution is 5.91. The zero-order valence-electron chi connectivity index (χ0n) is 40.0. The number of nitrogens with zero attached hydrogens (tertiary/aromatic N) is 11. The van der Waals surface area contributed by atoms with Crippen LogP contribution in [-0.2, 0) is 9.59 Å². The molecule has 1 atom stereocenters. The molecular weight excluding hydrogens is 907 g/mol. The number of hydrogen-bond donors (Lipinski definition) is 5. The molecule has 71 heavy (non-hydrogen) atoms. The Hall–Kier alpha value is -7.42. The summed E-state index contributed by atoms with van der Waals surface area (Å²) in [5.74, 6) is 1.03. The third kappa shape index (κ3) is 9.87. The van der Waals surface area contributed by atoms with Crippen LogP contribution in [0.15, 0.2) is 70.5 Å². The standard InChI is InChI=1S/C50H59N15O6/c1-32-14-22-64(23-15-32)49-55-39-30-65(59-46(68)42(39)44(57-49)53-34-8-12-36(13-9-34)62-24-16-50(17-25-62)28-37(50)47(69)70)71-40(66)31-60-18-5-21-61(27-26-60)35-10-6-33(7-11-35)52-43-41-38(29-51-58-45(41)67)54-48(56-43)63-19-3-2-4-20-63/h6-13,29-30,32,37H,2-5,14-28,31H2,1H3,(H4-,52,53,54,55,56,57,58,59,67,68,69,70)/p+1. The van der Waals surface area contributed by atoms with Crippen molar-refractivity contribution in [3.8, 4) is 0 Å². The summed E-state index contributed by atoms with van der Waals surface area (Å²) in [5.41, 5.74) is 3.50. The molecule has 4 saturated heterocycles. The van der Waals surface area contributed by atoms with Crippen LogP contribution in [0.3, 0.4) is 0 Å². The van der Waals surface area contributed by atoms with Crippen LogP contribution >= 0.6 is 0 Å². The number of carboxylic acids is 1. The number of aliphatic carboxylic acids is 1. The predicted octanol–water partition coefficient (Wildman–Crippen LogP) is 4.20. The fourth-order valence-electron chi connectivity index (χ4n) is 10.8. The highest BCUT2D eigenvalue weighted by Gasteiger charge is 2.58. The van der Waals surface area contributed by atoms with Crippen LogP contribution in [0.1, 0.15) is 64.7 Å². The largest absolute Gasteiger partial charge is 0.481 e. The van der Waals surface area contributed by atoms with E-state index in [1.807, 2.05) is 48.5 Å². The van der Waals surface area contributed by atoms with E-state index in [1.165, 1.54) is 12.6 Å². The van der Waals surface area contributed by atoms with Gasteiger partial charge in [0.1, 0.15) is 39.3 Å². The zero-order valence-corrected chi connectivity index (χ0v) is 40.0. The minimum Gasteiger partial charge on any atom is -0.481 e. The number of rotatable bonds is 12. The molecule has 370 valence electrons. The number of carbonyl (C=O) groups excluding carboxylic acids is 1. The van der Waals surface area contributed by atoms with E-state index in [0.717, 1.165) is 125 Å². The Balaban J connectivity index is 0.739. The zero-order chi connectivity index (χ0) is 48.6. The number of hydrogen-bond acceptors (Lipinski definition) is 17. The Kier molecular flexibility index (Phi) is 12.6. The lowest BCUT2D eigenvalue weighted by Crippen LogP contribution is -2.54. The van der Waals surface area contributed by atoms with Gasteiger partial charge in [0, 0.05) is 88.2 Å². The number of benzene rings is 2. The molecule has 5 aliphatic rings. The number of carbonyl (C=O) groups is 2. The summed E-state index contributed by atoms with van der Waals surface area (Å²) in [5, 5.41) is 26.1. The summed E-state index contributed by atoms with van der Waals surface area (Å²) >= 11 is 0. The Morgan fingerprint density at radius 1 is 0.704 bits per heavy atom. The number of carboxylic acid groups (broad SMARTS) is 1. The van der Waals surface area contributed by atoms with Gasteiger partial charge in [0.2, 0.25) is 11.9 Å². The van der Waals surface area contributed by atoms with Gasteiger partial charge >= 0.3 is 17.5 Å². The van der Waals surface area contributed by atoms with E-state index in [0.29, 0.717) is 65.5 Å². The monoisotopic (exact) mass is 966 g/mol. The van der Waals surface area contributed by atoms with Crippen LogP contribution in [0.2, 0.25) is 0 Å². The Bertz CT molecular complexity index is 3050. The van der Waals surface area contributed by atoms with Crippen LogP contribution < -0.4 is 51.0 Å². The fraction of sp³-hybridized carbons (Fsp3) is 0.480. The van der Waals surface area contributed by atoms with E-state index in [-0.39, 0.29) is 28.8 Å². The van der Waals surface area contributed by atoms with Crippen molar-refractivity contribution in [3.63, 3.8) is 0 Å². The third-order valence-electron chi connectivity index (χ3n) is 15.2. The molecule has 0 radical (unpaired) electrons. The van der Waals surface area contributed by atoms with E-state index in [1.54, 1.807) is 6.20 Å². The summed E-state index contributed by atoms with van der Waals surface area (Å²) in [4.78, 5) is 88.8. The molecule has 1 aliphatic carbocycles. The number of aromatic amines is 2. The van der Waals surface area contributed by atoms with Crippen LogP contribution in [0, 0.1) is 17.3 Å². The lowest BCUT2D eigenvalue weighted by molar-refractivity contribution is -0.915. The maximum absolute atomic E-state index is 13.9. The summed E-state index contributed by atoms with van der Waals surface area (Å²) < 4.78 is 0. The third-order valence-corrected chi connectivity index (χ3v) is 15.2. The van der Waals surface area contributed by atoms with Crippen LogP contribution in [-0.4, -0.2) is 129 Å². The lowest BCUT2D eigenvalue weighted by Gasteiger charge is -2.34. The molecule has 1 saturated carbocycles. The number of fused-ring (bicyclic) bond motifs is 2. The molecule has 8 heterocycles. The molecule has 11 rings (SSSR count). The van der Waals surface area contributed by atoms with Crippen molar-refractivity contribution in [1.82, 2.24) is 40.1 Å². The first-order valence-corrected chi connectivity index (χ1v) is 25.1. The molecule has 0 amide bonds. The highest BCUT2D eigenvalue weighted by Crippen LogP contribution is 2.59. The predicted molar refractivity (Wildman–Crippen MR) is 269 cm³/mol. The molecular formula is C50H60N15O6+. The van der Waals surface area contributed by atoms with E-state index in [4.69, 9.17) is 19.8 Å². The number of aromatic nitrogens is 8. The maximum Gasteiger partial charge on any atom is 0.397 e. The number of nitrogens with one attached hydrogen (secondary N) is 4. The summed E-state index contributed by atoms with van der Waals surface area (Å²) in [6, 6.07) is 16.0. The van der Waals surface area contributed by atoms with Crippen molar-refractivity contribution < 1.29 is 24.4 Å². The van der Waals surface area contributed by atoms with Gasteiger partial charge in [0.25, 0.3) is 11.8 Å². The quantitative estimate of drug-likeness (QED) is 0.108. The molecule has 21 nitrogen and oxygen atoms in total. The van der Waals surface area contributed by atoms with Crippen molar-refractivity contribution in [2.75, 3.05) is 102 Å². The molecule has 1 unspecified atom stereocenters. The van der Waals surface area contributed by atoms with E-state index < -0.39 is 17.5 Å². The van der Waals surface area contributed by atoms with Crippen molar-refractivity contribution in [1.29, 1.82) is 0 Å². The first-order valence-electron chi connectivity index (χ1n) is 25.1. The van der Waals surface area contributed by atoms with Gasteiger partial charge in [-0.25, -0.2) is 19.9 Å². The van der Waals surface area contributed by atoms with Gasteiger partial charge in [-0.05, 0) is 118 Å². The lowest BCUT2D eigenvalue weighted by atomic mass is 9.90. The van der Waals surface area contributed by atoms with Crippen LogP contribution in [0.4, 0.5) is 46.3 Å². The van der Waals surface area contributed by atoms with Gasteiger partial charge in [0.05, 0.1) is 12.1 Å². The number of H-pyrrole nitrogens is 2. The molecule has 5 fully saturated rings. The molecule has 2 aromatic carbocycles. The van der Waals surface area contributed by atoms with Crippen molar-refractivity contribution in [3.05, 3.63) is 81.6 Å². The van der Waals surface area contributed by atoms with Crippen molar-refractivity contribution in [2.24, 2.45) is 17.3 Å². The molecule has 6 aromatic rings. The first-order chi connectivity index (χ1) is 34.5. The SMILES string of the molecule is CC1CCN(c2nc(Nc3ccc(N4CCC5(CC4)CC5C(=O)O)cc3)c3c(=O)[nH][n+](OC(=O)CN4CCCN(c5ccc(Nc6nc(N7CCCCC7)nc7cn[nH]c(=O)c67)cc5)CC4)cc3n2)CC1. The van der Waals surface area contributed by atoms with Gasteiger partial charge in [-0.1, -0.05) is 12.0 Å². The van der Waals surface area contributed by atoms with Gasteiger partial charge in [-0.2, -0.15) is 19.9 Å². The average Bonchev–Trinajstić information content (AvgIpc) is 4.13.